The summed E-state index contributed by atoms with van der Waals surface area (Å²) in [6, 6.07) is 4.44. The molecule has 0 aliphatic heterocycles. The number of fused-ring (bicyclic) bond motifs is 1. The molecule has 2 aromatic heterocycles. The third-order valence-corrected chi connectivity index (χ3v) is 3.89. The molecule has 3 aromatic rings. The van der Waals surface area contributed by atoms with Gasteiger partial charge >= 0.3 is 5.97 Å². The number of anilines is 3. The van der Waals surface area contributed by atoms with Crippen molar-refractivity contribution >= 4 is 46.2 Å². The van der Waals surface area contributed by atoms with Gasteiger partial charge in [-0.3, -0.25) is 0 Å². The van der Waals surface area contributed by atoms with E-state index in [0.29, 0.717) is 35.2 Å². The van der Waals surface area contributed by atoms with E-state index in [1.807, 2.05) is 6.92 Å². The smallest absolute Gasteiger partial charge is 0.337 e. The molecule has 11 heteroatoms. The SMILES string of the molecule is CCCN(CO)c1nc(Nc2ccc(C(=O)O)c(Cl)c2)c2n[nH]nc2n1. The highest BCUT2D eigenvalue weighted by atomic mass is 35.5. The van der Waals surface area contributed by atoms with E-state index < -0.39 is 5.97 Å². The second kappa shape index (κ2) is 7.50. The number of aromatic amines is 1. The summed E-state index contributed by atoms with van der Waals surface area (Å²) in [7, 11) is 0. The fourth-order valence-corrected chi connectivity index (χ4v) is 2.63. The molecule has 0 saturated heterocycles. The average Bonchev–Trinajstić information content (AvgIpc) is 3.08. The minimum Gasteiger partial charge on any atom is -0.478 e. The van der Waals surface area contributed by atoms with E-state index in [0.717, 1.165) is 6.42 Å². The number of H-pyrrole nitrogens is 1. The molecule has 136 valence electrons. The zero-order valence-electron chi connectivity index (χ0n) is 13.8. The predicted molar refractivity (Wildman–Crippen MR) is 95.9 cm³/mol. The minimum atomic E-state index is -1.11. The van der Waals surface area contributed by atoms with Gasteiger partial charge in [-0.15, -0.1) is 5.10 Å². The Bertz CT molecular complexity index is 946. The molecule has 1 aromatic carbocycles. The highest BCUT2D eigenvalue weighted by molar-refractivity contribution is 6.33. The van der Waals surface area contributed by atoms with E-state index in [9.17, 15) is 9.90 Å². The zero-order chi connectivity index (χ0) is 18.7. The molecule has 0 unspecified atom stereocenters. The first kappa shape index (κ1) is 17.8. The lowest BCUT2D eigenvalue weighted by molar-refractivity contribution is 0.0697. The fourth-order valence-electron chi connectivity index (χ4n) is 2.37. The predicted octanol–water partition coefficient (Wildman–Crippen LogP) is 2.01. The van der Waals surface area contributed by atoms with E-state index in [-0.39, 0.29) is 17.3 Å². The van der Waals surface area contributed by atoms with Crippen LogP contribution in [0.2, 0.25) is 5.02 Å². The molecule has 26 heavy (non-hydrogen) atoms. The maximum Gasteiger partial charge on any atom is 0.337 e. The molecule has 0 bridgehead atoms. The Morgan fingerprint density at radius 1 is 1.35 bits per heavy atom. The van der Waals surface area contributed by atoms with E-state index in [1.165, 1.54) is 12.1 Å². The summed E-state index contributed by atoms with van der Waals surface area (Å²) in [6.07, 6.45) is 0.801. The van der Waals surface area contributed by atoms with Gasteiger partial charge in [-0.25, -0.2) is 4.79 Å². The summed E-state index contributed by atoms with van der Waals surface area (Å²) < 4.78 is 0. The Morgan fingerprint density at radius 3 is 2.81 bits per heavy atom. The molecule has 4 N–H and O–H groups in total. The van der Waals surface area contributed by atoms with Gasteiger partial charge in [0.15, 0.2) is 11.3 Å². The van der Waals surface area contributed by atoms with E-state index in [1.54, 1.807) is 11.0 Å². The molecule has 2 heterocycles. The van der Waals surface area contributed by atoms with Crippen LogP contribution < -0.4 is 10.2 Å². The highest BCUT2D eigenvalue weighted by Crippen LogP contribution is 2.27. The van der Waals surface area contributed by atoms with Crippen molar-refractivity contribution in [2.75, 3.05) is 23.5 Å². The van der Waals surface area contributed by atoms with Gasteiger partial charge in [-0.1, -0.05) is 18.5 Å². The number of benzene rings is 1. The third kappa shape index (κ3) is 3.51. The Morgan fingerprint density at radius 2 is 2.15 bits per heavy atom. The lowest BCUT2D eigenvalue weighted by atomic mass is 10.2. The molecule has 10 nitrogen and oxygen atoms in total. The number of nitrogens with one attached hydrogen (secondary N) is 2. The van der Waals surface area contributed by atoms with Crippen LogP contribution in [0.5, 0.6) is 0 Å². The lowest BCUT2D eigenvalue weighted by Gasteiger charge is -2.19. The van der Waals surface area contributed by atoms with Gasteiger partial charge in [0, 0.05) is 12.2 Å². The van der Waals surface area contributed by atoms with Crippen LogP contribution in [-0.2, 0) is 0 Å². The summed E-state index contributed by atoms with van der Waals surface area (Å²) in [5.74, 6) is -0.457. The van der Waals surface area contributed by atoms with Crippen molar-refractivity contribution in [3.8, 4) is 0 Å². The van der Waals surface area contributed by atoms with Gasteiger partial charge in [-0.2, -0.15) is 20.3 Å². The van der Waals surface area contributed by atoms with Gasteiger partial charge in [0.05, 0.1) is 10.6 Å². The Hall–Kier alpha value is -2.98. The second-order valence-electron chi connectivity index (χ2n) is 5.40. The van der Waals surface area contributed by atoms with Crippen LogP contribution in [0.3, 0.4) is 0 Å². The molecular weight excluding hydrogens is 362 g/mol. The zero-order valence-corrected chi connectivity index (χ0v) is 14.5. The topological polar surface area (TPSA) is 140 Å². The molecule has 3 rings (SSSR count). The number of carboxylic acids is 1. The van der Waals surface area contributed by atoms with Crippen LogP contribution >= 0.6 is 11.6 Å². The van der Waals surface area contributed by atoms with Gasteiger partial charge in [0.1, 0.15) is 6.73 Å². The maximum atomic E-state index is 11.1. The number of hydrogen-bond donors (Lipinski definition) is 4. The number of carboxylic acid groups (broad SMARTS) is 1. The first-order valence-corrected chi connectivity index (χ1v) is 8.15. The van der Waals surface area contributed by atoms with Crippen molar-refractivity contribution in [1.29, 1.82) is 0 Å². The van der Waals surface area contributed by atoms with Gasteiger partial charge in [-0.05, 0) is 24.6 Å². The quantitative estimate of drug-likeness (QED) is 0.455. The van der Waals surface area contributed by atoms with Crippen LogP contribution in [0.25, 0.3) is 11.2 Å². The molecule has 0 radical (unpaired) electrons. The van der Waals surface area contributed by atoms with Crippen LogP contribution in [0, 0.1) is 0 Å². The molecule has 0 fully saturated rings. The van der Waals surface area contributed by atoms with Crippen molar-refractivity contribution < 1.29 is 15.0 Å². The number of aromatic carboxylic acids is 1. The summed E-state index contributed by atoms with van der Waals surface area (Å²) in [5, 5.41) is 32.2. The van der Waals surface area contributed by atoms with Crippen molar-refractivity contribution in [1.82, 2.24) is 25.4 Å². The van der Waals surface area contributed by atoms with Gasteiger partial charge in [0.25, 0.3) is 0 Å². The molecule has 0 aliphatic carbocycles. The Balaban J connectivity index is 2.00. The lowest BCUT2D eigenvalue weighted by Crippen LogP contribution is -2.27. The van der Waals surface area contributed by atoms with Gasteiger partial charge < -0.3 is 20.4 Å². The normalized spacial score (nSPS) is 10.9. The van der Waals surface area contributed by atoms with Crippen LogP contribution in [0.4, 0.5) is 17.5 Å². The van der Waals surface area contributed by atoms with E-state index in [2.05, 4.69) is 30.7 Å². The molecule has 0 spiro atoms. The molecule has 0 saturated carbocycles. The number of carbonyl (C=O) groups is 1. The third-order valence-electron chi connectivity index (χ3n) is 3.58. The standard InChI is InChI=1S/C15H16ClN7O3/c1-2-5-23(7-24)15-18-12(11-13(19-15)21-22-20-11)17-8-3-4-9(14(25)26)10(16)6-8/h3-4,6,24H,2,5,7H2,1H3,(H,25,26)(H2,17,18,19,20,21,22). The molecule has 0 atom stereocenters. The Kier molecular flexibility index (Phi) is 5.14. The Labute approximate surface area is 152 Å². The minimum absolute atomic E-state index is 0.00146. The first-order chi connectivity index (χ1) is 12.5. The largest absolute Gasteiger partial charge is 0.478 e. The van der Waals surface area contributed by atoms with Crippen molar-refractivity contribution in [2.24, 2.45) is 0 Å². The summed E-state index contributed by atoms with van der Waals surface area (Å²) in [4.78, 5) is 21.4. The number of aliphatic hydroxyl groups is 1. The monoisotopic (exact) mass is 377 g/mol. The maximum absolute atomic E-state index is 11.1. The fraction of sp³-hybridized carbons (Fsp3) is 0.267. The van der Waals surface area contributed by atoms with Crippen LogP contribution in [0.1, 0.15) is 23.7 Å². The van der Waals surface area contributed by atoms with E-state index in [4.69, 9.17) is 16.7 Å². The van der Waals surface area contributed by atoms with E-state index >= 15 is 0 Å². The number of aromatic nitrogens is 5. The highest BCUT2D eigenvalue weighted by Gasteiger charge is 2.16. The summed E-state index contributed by atoms with van der Waals surface area (Å²) in [5.41, 5.74) is 1.27. The van der Waals surface area contributed by atoms with Crippen molar-refractivity contribution in [3.63, 3.8) is 0 Å². The number of nitrogens with zero attached hydrogens (tertiary/aromatic N) is 5. The first-order valence-electron chi connectivity index (χ1n) is 7.77. The number of rotatable bonds is 7. The number of aliphatic hydroxyl groups excluding tert-OH is 1. The number of hydrogen-bond acceptors (Lipinski definition) is 8. The van der Waals surface area contributed by atoms with Crippen molar-refractivity contribution in [2.45, 2.75) is 13.3 Å². The molecular formula is C15H16ClN7O3. The number of halogens is 1. The van der Waals surface area contributed by atoms with Crippen LogP contribution in [0.15, 0.2) is 18.2 Å². The summed E-state index contributed by atoms with van der Waals surface area (Å²) in [6.45, 7) is 2.30. The average molecular weight is 378 g/mol. The molecule has 0 aliphatic rings. The van der Waals surface area contributed by atoms with Gasteiger partial charge in [0.2, 0.25) is 11.6 Å². The second-order valence-corrected chi connectivity index (χ2v) is 5.80. The van der Waals surface area contributed by atoms with Crippen LogP contribution in [-0.4, -0.2) is 54.8 Å². The molecule has 0 amide bonds. The summed E-state index contributed by atoms with van der Waals surface area (Å²) >= 11 is 6.00. The van der Waals surface area contributed by atoms with Crippen molar-refractivity contribution in [3.05, 3.63) is 28.8 Å².